The topological polar surface area (TPSA) is 82.0 Å². The van der Waals surface area contributed by atoms with Crippen LogP contribution in [0.5, 0.6) is 0 Å². The molecule has 29 heavy (non-hydrogen) atoms. The molecule has 0 aromatic heterocycles. The number of carbonyl (C=O) groups excluding carboxylic acids is 3. The molecule has 0 aromatic carbocycles. The van der Waals surface area contributed by atoms with Gasteiger partial charge in [0.2, 0.25) is 6.08 Å². The maximum Gasteiger partial charge on any atom is 0.306 e. The van der Waals surface area contributed by atoms with Crippen molar-refractivity contribution in [1.82, 2.24) is 0 Å². The van der Waals surface area contributed by atoms with Crippen LogP contribution in [0.25, 0.3) is 0 Å². The third kappa shape index (κ3) is 22.8. The first-order valence-electron chi connectivity index (χ1n) is 11.1. The summed E-state index contributed by atoms with van der Waals surface area (Å²) in [5.41, 5.74) is 0. The highest BCUT2D eigenvalue weighted by molar-refractivity contribution is 7.99. The normalized spacial score (nSPS) is 10.4. The van der Waals surface area contributed by atoms with Crippen LogP contribution in [-0.2, 0) is 23.9 Å². The summed E-state index contributed by atoms with van der Waals surface area (Å²) in [5.74, 6) is 0.748. The van der Waals surface area contributed by atoms with E-state index in [2.05, 4.69) is 11.9 Å². The molecule has 0 fully saturated rings. The highest BCUT2D eigenvalue weighted by atomic mass is 32.2. The number of unbranched alkanes of at least 4 members (excludes halogenated alkanes) is 10. The number of hydrogen-bond acceptors (Lipinski definition) is 7. The van der Waals surface area contributed by atoms with Gasteiger partial charge >= 0.3 is 11.9 Å². The molecule has 0 saturated carbocycles. The lowest BCUT2D eigenvalue weighted by molar-refractivity contribution is -0.143. The summed E-state index contributed by atoms with van der Waals surface area (Å²) < 4.78 is 10.1. The number of thioether (sulfide) groups is 1. The van der Waals surface area contributed by atoms with Gasteiger partial charge in [0.1, 0.15) is 6.61 Å². The highest BCUT2D eigenvalue weighted by Crippen LogP contribution is 2.11. The van der Waals surface area contributed by atoms with Gasteiger partial charge in [-0.15, -0.1) is 0 Å². The molecular formula is C22H39NO5S. The molecule has 7 heteroatoms. The van der Waals surface area contributed by atoms with E-state index in [9.17, 15) is 14.4 Å². The van der Waals surface area contributed by atoms with Crippen LogP contribution in [0.1, 0.15) is 90.4 Å². The van der Waals surface area contributed by atoms with Crippen LogP contribution in [0, 0.1) is 0 Å². The monoisotopic (exact) mass is 429 g/mol. The maximum atomic E-state index is 11.7. The van der Waals surface area contributed by atoms with Crippen LogP contribution in [-0.4, -0.2) is 49.3 Å². The molecule has 0 bridgehead atoms. The van der Waals surface area contributed by atoms with Crippen LogP contribution >= 0.6 is 11.8 Å². The van der Waals surface area contributed by atoms with Gasteiger partial charge < -0.3 is 9.47 Å². The Bertz CT molecular complexity index is 452. The molecular weight excluding hydrogens is 390 g/mol. The zero-order valence-corrected chi connectivity index (χ0v) is 18.9. The smallest absolute Gasteiger partial charge is 0.306 e. The second-order valence-corrected chi connectivity index (χ2v) is 8.29. The molecule has 0 heterocycles. The van der Waals surface area contributed by atoms with Crippen molar-refractivity contribution in [3.05, 3.63) is 0 Å². The number of nitrogens with zero attached hydrogens (tertiary/aromatic N) is 1. The first-order valence-corrected chi connectivity index (χ1v) is 12.3. The van der Waals surface area contributed by atoms with Gasteiger partial charge in [-0.25, -0.2) is 9.79 Å². The molecule has 0 amide bonds. The Morgan fingerprint density at radius 2 is 1.24 bits per heavy atom. The summed E-state index contributed by atoms with van der Waals surface area (Å²) in [6.07, 6.45) is 16.1. The fourth-order valence-electron chi connectivity index (χ4n) is 2.76. The van der Waals surface area contributed by atoms with E-state index in [1.165, 1.54) is 75.6 Å². The van der Waals surface area contributed by atoms with E-state index in [0.29, 0.717) is 24.5 Å². The van der Waals surface area contributed by atoms with E-state index in [1.807, 2.05) is 0 Å². The molecule has 0 unspecified atom stereocenters. The van der Waals surface area contributed by atoms with E-state index < -0.39 is 0 Å². The summed E-state index contributed by atoms with van der Waals surface area (Å²) in [6, 6.07) is 0. The lowest BCUT2D eigenvalue weighted by Gasteiger charge is -2.05. The number of aliphatic imine (C=N–C) groups is 1. The molecule has 0 rings (SSSR count). The lowest BCUT2D eigenvalue weighted by Crippen LogP contribution is -2.09. The summed E-state index contributed by atoms with van der Waals surface area (Å²) in [4.78, 5) is 36.2. The van der Waals surface area contributed by atoms with E-state index in [-0.39, 0.29) is 31.5 Å². The maximum absolute atomic E-state index is 11.7. The van der Waals surface area contributed by atoms with Crippen molar-refractivity contribution < 1.29 is 23.9 Å². The fraction of sp³-hybridized carbons (Fsp3) is 0.864. The van der Waals surface area contributed by atoms with E-state index in [0.717, 1.165) is 12.8 Å². The Balaban J connectivity index is 3.28. The highest BCUT2D eigenvalue weighted by Gasteiger charge is 2.05. The van der Waals surface area contributed by atoms with Gasteiger partial charge in [0, 0.05) is 11.5 Å². The first kappa shape index (κ1) is 27.7. The molecule has 0 radical (unpaired) electrons. The summed E-state index contributed by atoms with van der Waals surface area (Å²) >= 11 is 1.53. The quantitative estimate of drug-likeness (QED) is 0.107. The Labute approximate surface area is 180 Å². The van der Waals surface area contributed by atoms with Crippen molar-refractivity contribution in [1.29, 1.82) is 0 Å². The van der Waals surface area contributed by atoms with Crippen LogP contribution in [0.3, 0.4) is 0 Å². The molecule has 0 atom stereocenters. The largest absolute Gasteiger partial charge is 0.466 e. The second-order valence-electron chi connectivity index (χ2n) is 7.06. The summed E-state index contributed by atoms with van der Waals surface area (Å²) in [6.45, 7) is 3.00. The van der Waals surface area contributed by atoms with E-state index >= 15 is 0 Å². The van der Waals surface area contributed by atoms with Gasteiger partial charge in [0.25, 0.3) is 0 Å². The number of rotatable bonds is 21. The molecule has 6 nitrogen and oxygen atoms in total. The number of carbonyl (C=O) groups is 2. The Kier molecular flexibility index (Phi) is 21.9. The lowest BCUT2D eigenvalue weighted by atomic mass is 10.1. The number of ether oxygens (including phenoxy) is 2. The zero-order valence-electron chi connectivity index (χ0n) is 18.1. The first-order chi connectivity index (χ1) is 14.2. The standard InChI is InChI=1S/C22H39NO5S/c1-2-3-4-5-6-7-8-9-10-11-12-16-27-21(25)13-18-29-19-14-22(26)28-17-15-23-20-24/h2-19H2,1H3. The minimum atomic E-state index is -0.322. The van der Waals surface area contributed by atoms with Gasteiger partial charge in [0.15, 0.2) is 0 Å². The minimum absolute atomic E-state index is 0.101. The molecule has 168 valence electrons. The predicted molar refractivity (Wildman–Crippen MR) is 118 cm³/mol. The molecule has 0 aliphatic rings. The number of esters is 2. The molecule has 0 saturated heterocycles. The van der Waals surface area contributed by atoms with Crippen molar-refractivity contribution in [2.45, 2.75) is 90.4 Å². The predicted octanol–water partition coefficient (Wildman–Crippen LogP) is 5.23. The van der Waals surface area contributed by atoms with Gasteiger partial charge in [-0.3, -0.25) is 9.59 Å². The summed E-state index contributed by atoms with van der Waals surface area (Å²) in [7, 11) is 0. The third-order valence-corrected chi connectivity index (χ3v) is 5.43. The van der Waals surface area contributed by atoms with E-state index in [4.69, 9.17) is 9.47 Å². The van der Waals surface area contributed by atoms with Crippen molar-refractivity contribution >= 4 is 29.8 Å². The Hall–Kier alpha value is -1.33. The molecule has 0 aliphatic carbocycles. The minimum Gasteiger partial charge on any atom is -0.466 e. The third-order valence-electron chi connectivity index (χ3n) is 4.44. The van der Waals surface area contributed by atoms with Crippen LogP contribution < -0.4 is 0 Å². The molecule has 0 aromatic rings. The van der Waals surface area contributed by atoms with E-state index in [1.54, 1.807) is 0 Å². The van der Waals surface area contributed by atoms with Crippen molar-refractivity contribution in [3.63, 3.8) is 0 Å². The van der Waals surface area contributed by atoms with Crippen molar-refractivity contribution in [2.75, 3.05) is 31.3 Å². The fourth-order valence-corrected chi connectivity index (χ4v) is 3.59. The van der Waals surface area contributed by atoms with Crippen LogP contribution in [0.4, 0.5) is 0 Å². The Morgan fingerprint density at radius 3 is 1.76 bits per heavy atom. The zero-order chi connectivity index (χ0) is 21.4. The van der Waals surface area contributed by atoms with Gasteiger partial charge in [0.05, 0.1) is 26.0 Å². The average molecular weight is 430 g/mol. The van der Waals surface area contributed by atoms with Crippen molar-refractivity contribution in [3.8, 4) is 0 Å². The molecule has 0 N–H and O–H groups in total. The van der Waals surface area contributed by atoms with Crippen molar-refractivity contribution in [2.24, 2.45) is 4.99 Å². The SMILES string of the molecule is CCCCCCCCCCCCCOC(=O)CCSCCC(=O)OCCN=C=O. The Morgan fingerprint density at radius 1 is 0.759 bits per heavy atom. The van der Waals surface area contributed by atoms with Crippen LogP contribution in [0.2, 0.25) is 0 Å². The summed E-state index contributed by atoms with van der Waals surface area (Å²) in [5, 5.41) is 0. The molecule has 0 spiro atoms. The average Bonchev–Trinajstić information content (AvgIpc) is 2.71. The second kappa shape index (κ2) is 23.0. The number of hydrogen-bond donors (Lipinski definition) is 0. The van der Waals surface area contributed by atoms with Gasteiger partial charge in [-0.05, 0) is 6.42 Å². The van der Waals surface area contributed by atoms with Gasteiger partial charge in [-0.1, -0.05) is 71.1 Å². The number of isocyanates is 1. The molecule has 0 aliphatic heterocycles. The van der Waals surface area contributed by atoms with Gasteiger partial charge in [-0.2, -0.15) is 11.8 Å². The van der Waals surface area contributed by atoms with Crippen LogP contribution in [0.15, 0.2) is 4.99 Å².